The van der Waals surface area contributed by atoms with E-state index in [0.717, 1.165) is 33.1 Å². The van der Waals surface area contributed by atoms with Crippen LogP contribution in [0.1, 0.15) is 11.1 Å². The lowest BCUT2D eigenvalue weighted by atomic mass is 10.0. The molecule has 17 heavy (non-hydrogen) atoms. The highest BCUT2D eigenvalue weighted by atomic mass is 35.5. The predicted octanol–water partition coefficient (Wildman–Crippen LogP) is 4.06. The molecule has 1 aromatic carbocycles. The van der Waals surface area contributed by atoms with Gasteiger partial charge in [-0.25, -0.2) is 4.98 Å². The first-order valence-corrected chi connectivity index (χ1v) is 5.90. The summed E-state index contributed by atoms with van der Waals surface area (Å²) in [5.74, 6) is 0.900. The topological polar surface area (TPSA) is 24.9 Å². The van der Waals surface area contributed by atoms with E-state index in [2.05, 4.69) is 22.4 Å². The van der Waals surface area contributed by atoms with Crippen molar-refractivity contribution in [3.8, 4) is 11.1 Å². The molecule has 1 aromatic heterocycles. The van der Waals surface area contributed by atoms with E-state index in [9.17, 15) is 0 Å². The molecule has 0 saturated heterocycles. The van der Waals surface area contributed by atoms with E-state index in [1.165, 1.54) is 0 Å². The van der Waals surface area contributed by atoms with Gasteiger partial charge in [-0.2, -0.15) is 0 Å². The number of pyridine rings is 1. The first kappa shape index (κ1) is 11.9. The van der Waals surface area contributed by atoms with Gasteiger partial charge in [0.05, 0.1) is 0 Å². The summed E-state index contributed by atoms with van der Waals surface area (Å²) >= 11 is 6.25. The Morgan fingerprint density at radius 3 is 2.53 bits per heavy atom. The summed E-state index contributed by atoms with van der Waals surface area (Å²) in [6, 6.07) is 8.16. The van der Waals surface area contributed by atoms with Crippen LogP contribution >= 0.6 is 11.6 Å². The van der Waals surface area contributed by atoms with Gasteiger partial charge < -0.3 is 5.32 Å². The first-order chi connectivity index (χ1) is 8.11. The van der Waals surface area contributed by atoms with E-state index in [4.69, 9.17) is 11.6 Å². The molecule has 0 saturated carbocycles. The average Bonchev–Trinajstić information content (AvgIpc) is 2.29. The molecule has 2 rings (SSSR count). The number of anilines is 1. The van der Waals surface area contributed by atoms with E-state index < -0.39 is 0 Å². The molecular weight excluding hydrogens is 232 g/mol. The van der Waals surface area contributed by atoms with Gasteiger partial charge in [-0.05, 0) is 37.1 Å². The summed E-state index contributed by atoms with van der Waals surface area (Å²) in [4.78, 5) is 4.37. The standard InChI is InChI=1S/C14H15ClN2/c1-9-4-5-12(13(15)6-9)11-7-10(2)14(16-3)17-8-11/h4-8H,1-3H3,(H,16,17). The van der Waals surface area contributed by atoms with Crippen LogP contribution in [0.5, 0.6) is 0 Å². The molecule has 0 aliphatic heterocycles. The van der Waals surface area contributed by atoms with Crippen LogP contribution in [0.15, 0.2) is 30.5 Å². The Kier molecular flexibility index (Phi) is 3.34. The van der Waals surface area contributed by atoms with Crippen molar-refractivity contribution in [1.82, 2.24) is 4.98 Å². The monoisotopic (exact) mass is 246 g/mol. The Labute approximate surface area is 107 Å². The summed E-state index contributed by atoms with van der Waals surface area (Å²) in [6.07, 6.45) is 1.84. The van der Waals surface area contributed by atoms with Crippen LogP contribution in [0.3, 0.4) is 0 Å². The maximum atomic E-state index is 6.25. The van der Waals surface area contributed by atoms with Crippen molar-refractivity contribution in [2.24, 2.45) is 0 Å². The van der Waals surface area contributed by atoms with Crippen LogP contribution in [0.2, 0.25) is 5.02 Å². The fraction of sp³-hybridized carbons (Fsp3) is 0.214. The molecule has 1 heterocycles. The Morgan fingerprint density at radius 2 is 1.94 bits per heavy atom. The van der Waals surface area contributed by atoms with Gasteiger partial charge in [-0.3, -0.25) is 0 Å². The second kappa shape index (κ2) is 4.76. The van der Waals surface area contributed by atoms with Crippen molar-refractivity contribution < 1.29 is 0 Å². The lowest BCUT2D eigenvalue weighted by molar-refractivity contribution is 1.24. The molecule has 0 spiro atoms. The third-order valence-electron chi connectivity index (χ3n) is 2.75. The van der Waals surface area contributed by atoms with Crippen LogP contribution in [0.4, 0.5) is 5.82 Å². The summed E-state index contributed by atoms with van der Waals surface area (Å²) in [5.41, 5.74) is 4.35. The van der Waals surface area contributed by atoms with Crippen molar-refractivity contribution in [2.45, 2.75) is 13.8 Å². The van der Waals surface area contributed by atoms with E-state index >= 15 is 0 Å². The van der Waals surface area contributed by atoms with Gasteiger partial charge in [0.1, 0.15) is 5.82 Å². The predicted molar refractivity (Wildman–Crippen MR) is 73.7 cm³/mol. The largest absolute Gasteiger partial charge is 0.373 e. The highest BCUT2D eigenvalue weighted by Gasteiger charge is 2.06. The molecule has 0 radical (unpaired) electrons. The van der Waals surface area contributed by atoms with Crippen molar-refractivity contribution in [2.75, 3.05) is 12.4 Å². The minimum atomic E-state index is 0.767. The number of aryl methyl sites for hydroxylation is 2. The quantitative estimate of drug-likeness (QED) is 0.864. The summed E-state index contributed by atoms with van der Waals surface area (Å²) in [6.45, 7) is 4.06. The third-order valence-corrected chi connectivity index (χ3v) is 3.06. The number of nitrogens with one attached hydrogen (secondary N) is 1. The van der Waals surface area contributed by atoms with E-state index in [1.54, 1.807) is 0 Å². The summed E-state index contributed by atoms with van der Waals surface area (Å²) in [5, 5.41) is 3.82. The number of hydrogen-bond acceptors (Lipinski definition) is 2. The van der Waals surface area contributed by atoms with Crippen LogP contribution in [0, 0.1) is 13.8 Å². The molecule has 2 aromatic rings. The van der Waals surface area contributed by atoms with Gasteiger partial charge in [0.15, 0.2) is 0 Å². The van der Waals surface area contributed by atoms with Crippen molar-refractivity contribution in [3.05, 3.63) is 46.6 Å². The molecule has 3 heteroatoms. The van der Waals surface area contributed by atoms with Crippen molar-refractivity contribution in [1.29, 1.82) is 0 Å². The van der Waals surface area contributed by atoms with Crippen LogP contribution < -0.4 is 5.32 Å². The van der Waals surface area contributed by atoms with E-state index in [0.29, 0.717) is 0 Å². The molecule has 2 nitrogen and oxygen atoms in total. The van der Waals surface area contributed by atoms with Gasteiger partial charge in [-0.1, -0.05) is 23.7 Å². The second-order valence-electron chi connectivity index (χ2n) is 4.12. The van der Waals surface area contributed by atoms with Gasteiger partial charge in [0.2, 0.25) is 0 Å². The van der Waals surface area contributed by atoms with Crippen LogP contribution in [-0.4, -0.2) is 12.0 Å². The Bertz CT molecular complexity index is 550. The number of halogens is 1. The van der Waals surface area contributed by atoms with Gasteiger partial charge >= 0.3 is 0 Å². The van der Waals surface area contributed by atoms with Crippen molar-refractivity contribution >= 4 is 17.4 Å². The second-order valence-corrected chi connectivity index (χ2v) is 4.53. The van der Waals surface area contributed by atoms with Gasteiger partial charge in [-0.15, -0.1) is 0 Å². The Morgan fingerprint density at radius 1 is 1.18 bits per heavy atom. The molecule has 0 atom stereocenters. The molecule has 0 bridgehead atoms. The zero-order chi connectivity index (χ0) is 12.4. The number of hydrogen-bond donors (Lipinski definition) is 1. The third kappa shape index (κ3) is 2.42. The lowest BCUT2D eigenvalue weighted by Gasteiger charge is -2.09. The summed E-state index contributed by atoms with van der Waals surface area (Å²) in [7, 11) is 1.87. The molecule has 0 aliphatic rings. The van der Waals surface area contributed by atoms with E-state index in [1.807, 2.05) is 39.2 Å². The van der Waals surface area contributed by atoms with Crippen molar-refractivity contribution in [3.63, 3.8) is 0 Å². The van der Waals surface area contributed by atoms with E-state index in [-0.39, 0.29) is 0 Å². The maximum Gasteiger partial charge on any atom is 0.128 e. The molecular formula is C14H15ClN2. The minimum absolute atomic E-state index is 0.767. The molecule has 1 N–H and O–H groups in total. The highest BCUT2D eigenvalue weighted by molar-refractivity contribution is 6.33. The molecule has 0 aliphatic carbocycles. The average molecular weight is 247 g/mol. The van der Waals surface area contributed by atoms with Crippen LogP contribution in [0.25, 0.3) is 11.1 Å². The SMILES string of the molecule is CNc1ncc(-c2ccc(C)cc2Cl)cc1C. The van der Waals surface area contributed by atoms with Crippen LogP contribution in [-0.2, 0) is 0 Å². The zero-order valence-corrected chi connectivity index (χ0v) is 11.0. The Hall–Kier alpha value is -1.54. The fourth-order valence-corrected chi connectivity index (χ4v) is 2.18. The zero-order valence-electron chi connectivity index (χ0n) is 10.2. The number of benzene rings is 1. The summed E-state index contributed by atoms with van der Waals surface area (Å²) < 4.78 is 0. The van der Waals surface area contributed by atoms with Gasteiger partial charge in [0, 0.05) is 29.4 Å². The molecule has 0 amide bonds. The molecule has 0 unspecified atom stereocenters. The first-order valence-electron chi connectivity index (χ1n) is 5.52. The maximum absolute atomic E-state index is 6.25. The smallest absolute Gasteiger partial charge is 0.128 e. The fourth-order valence-electron chi connectivity index (χ4n) is 1.84. The molecule has 88 valence electrons. The molecule has 0 fully saturated rings. The highest BCUT2D eigenvalue weighted by Crippen LogP contribution is 2.29. The number of rotatable bonds is 2. The normalized spacial score (nSPS) is 10.4. The number of aromatic nitrogens is 1. The number of nitrogens with zero attached hydrogens (tertiary/aromatic N) is 1. The lowest BCUT2D eigenvalue weighted by Crippen LogP contribution is -1.95. The minimum Gasteiger partial charge on any atom is -0.373 e. The van der Waals surface area contributed by atoms with Gasteiger partial charge in [0.25, 0.3) is 0 Å². The Balaban J connectivity index is 2.50.